The number of para-hydroxylation sites is 2. The van der Waals surface area contributed by atoms with Crippen molar-refractivity contribution in [2.45, 2.75) is 37.4 Å². The molecule has 0 saturated carbocycles. The first-order chi connectivity index (χ1) is 21.9. The van der Waals surface area contributed by atoms with E-state index in [0.29, 0.717) is 23.6 Å². The van der Waals surface area contributed by atoms with E-state index >= 15 is 0 Å². The third-order valence-electron chi connectivity index (χ3n) is 7.52. The number of benzene rings is 3. The van der Waals surface area contributed by atoms with Crippen LogP contribution in [-0.4, -0.2) is 72.1 Å². The first-order valence-corrected chi connectivity index (χ1v) is 14.2. The summed E-state index contributed by atoms with van der Waals surface area (Å²) in [7, 11) is 0. The van der Waals surface area contributed by atoms with Gasteiger partial charge in [-0.15, -0.1) is 0 Å². The van der Waals surface area contributed by atoms with Gasteiger partial charge in [-0.25, -0.2) is 4.98 Å². The first-order valence-electron chi connectivity index (χ1n) is 14.9. The van der Waals surface area contributed by atoms with E-state index < -0.39 is 30.4 Å². The lowest BCUT2D eigenvalue weighted by atomic mass is 9.91. The zero-order valence-corrected chi connectivity index (χ0v) is 23.6. The second-order valence-corrected chi connectivity index (χ2v) is 10.3. The minimum absolute atomic E-state index is 0.00311. The fourth-order valence-electron chi connectivity index (χ4n) is 5.31. The fourth-order valence-corrected chi connectivity index (χ4v) is 5.31. The number of fused-ring (bicyclic) bond motifs is 1. The Hall–Kier alpha value is -5.04. The maximum Gasteiger partial charge on any atom is 0.252 e. The maximum atomic E-state index is 12.6. The second kappa shape index (κ2) is 12.7. The van der Waals surface area contributed by atoms with Gasteiger partial charge in [0.1, 0.15) is 18.0 Å². The Bertz CT molecular complexity index is 1720. The molecule has 12 heteroatoms. The number of rotatable bonds is 10. The average Bonchev–Trinajstić information content (AvgIpc) is 3.62. The molecule has 0 spiro atoms. The van der Waals surface area contributed by atoms with Crippen molar-refractivity contribution in [1.82, 2.24) is 24.8 Å². The molecule has 1 unspecified atom stereocenters. The number of imidazole rings is 1. The summed E-state index contributed by atoms with van der Waals surface area (Å²) in [6.07, 6.45) is -4.14. The molecule has 6 rings (SSSR count). The fraction of sp³-hybridized carbons (Fsp3) is 0.250. The van der Waals surface area contributed by atoms with Gasteiger partial charge in [0, 0.05) is 20.4 Å². The van der Waals surface area contributed by atoms with Crippen LogP contribution in [0.1, 0.15) is 31.5 Å². The third-order valence-corrected chi connectivity index (χ3v) is 7.52. The number of phenolic OH excluding ortho intramolecular Hbond substituents is 1. The summed E-state index contributed by atoms with van der Waals surface area (Å²) in [6, 6.07) is 26.8. The Kier molecular flexibility index (Phi) is 8.00. The Balaban J connectivity index is 1.37. The van der Waals surface area contributed by atoms with Gasteiger partial charge in [0.2, 0.25) is 5.95 Å². The number of aliphatic hydroxyl groups excluding tert-OH is 2. The molecule has 0 radical (unpaired) electrons. The van der Waals surface area contributed by atoms with Gasteiger partial charge in [-0.3, -0.25) is 9.36 Å². The van der Waals surface area contributed by atoms with Gasteiger partial charge in [0.15, 0.2) is 29.3 Å². The molecule has 2 aromatic heterocycles. The summed E-state index contributed by atoms with van der Waals surface area (Å²) >= 11 is 0. The minimum Gasteiger partial charge on any atom is -0.506 e. The molecule has 3 aromatic carbocycles. The molecule has 4 atom stereocenters. The zero-order valence-electron chi connectivity index (χ0n) is 24.6. The van der Waals surface area contributed by atoms with E-state index in [1.54, 1.807) is 18.2 Å². The van der Waals surface area contributed by atoms with Crippen molar-refractivity contribution in [3.05, 3.63) is 102 Å². The molecule has 1 fully saturated rings. The molecular formula is C32H33N7O5. The molecule has 12 nitrogen and oxygen atoms in total. The van der Waals surface area contributed by atoms with E-state index in [4.69, 9.17) is 11.1 Å². The van der Waals surface area contributed by atoms with Gasteiger partial charge in [-0.05, 0) is 30.2 Å². The number of anilines is 3. The number of carbonyl (C=O) groups is 1. The van der Waals surface area contributed by atoms with Crippen LogP contribution in [0.2, 0.25) is 0 Å². The summed E-state index contributed by atoms with van der Waals surface area (Å²) in [6.45, 7) is 0.487. The first kappa shape index (κ1) is 27.8. The van der Waals surface area contributed by atoms with Crippen LogP contribution in [0.15, 0.2) is 91.3 Å². The number of aromatic hydroxyl groups is 1. The highest BCUT2D eigenvalue weighted by Crippen LogP contribution is 2.34. The molecule has 6 N–H and O–H groups in total. The molecule has 226 valence electrons. The van der Waals surface area contributed by atoms with Crippen LogP contribution in [0.4, 0.5) is 17.5 Å². The van der Waals surface area contributed by atoms with E-state index in [9.17, 15) is 20.1 Å². The van der Waals surface area contributed by atoms with Crippen LogP contribution >= 0.6 is 0 Å². The molecule has 44 heavy (non-hydrogen) atoms. The summed E-state index contributed by atoms with van der Waals surface area (Å²) in [4.78, 5) is 26.4. The third kappa shape index (κ3) is 5.78. The number of carbonyl (C=O) groups excluding carboxylic acids is 1. The van der Waals surface area contributed by atoms with Crippen LogP contribution in [0.25, 0.3) is 11.2 Å². The lowest BCUT2D eigenvalue weighted by molar-refractivity contribution is -0.137. The summed E-state index contributed by atoms with van der Waals surface area (Å²) in [5.41, 5.74) is 3.20. The standard InChI is InChI=1S/C32H33N7O5/c1-2-33-30(43)27-25(41)26(42)31(44-27)39-18-35-24-28(37-32(38-29(24)39)36-22-15-9-10-16-23(22)40)34-17-21(19-11-5-3-6-12-19)20-13-7-4-8-14-20/h3-16,18,21,25-27,31,40-42H,2,17H2,1H3,(H,33,43)(H2,34,36,37,38)/t25-,26+,27-,31?/m0/s1/i1D. The highest BCUT2D eigenvalue weighted by molar-refractivity contribution is 5.85. The Labute approximate surface area is 254 Å². The Morgan fingerprint density at radius 3 is 2.34 bits per heavy atom. The van der Waals surface area contributed by atoms with Gasteiger partial charge in [0.05, 0.1) is 12.0 Å². The molecular weight excluding hydrogens is 562 g/mol. The van der Waals surface area contributed by atoms with Crippen molar-refractivity contribution in [2.75, 3.05) is 23.7 Å². The quantitative estimate of drug-likeness (QED) is 0.132. The van der Waals surface area contributed by atoms with E-state index in [2.05, 4.69) is 50.2 Å². The molecule has 1 aliphatic rings. The van der Waals surface area contributed by atoms with Gasteiger partial charge >= 0.3 is 0 Å². The lowest BCUT2D eigenvalue weighted by Crippen LogP contribution is -2.42. The predicted octanol–water partition coefficient (Wildman–Crippen LogP) is 3.27. The highest BCUT2D eigenvalue weighted by Gasteiger charge is 2.47. The number of likely N-dealkylation sites (N-methyl/N-ethyl adjacent to an activating group) is 1. The van der Waals surface area contributed by atoms with Gasteiger partial charge in [-0.1, -0.05) is 72.8 Å². The second-order valence-electron chi connectivity index (χ2n) is 10.3. The number of nitrogens with one attached hydrogen (secondary N) is 3. The van der Waals surface area contributed by atoms with Gasteiger partial charge < -0.3 is 36.0 Å². The van der Waals surface area contributed by atoms with Crippen LogP contribution in [0.5, 0.6) is 5.75 Å². The smallest absolute Gasteiger partial charge is 0.252 e. The summed E-state index contributed by atoms with van der Waals surface area (Å²) < 4.78 is 14.5. The van der Waals surface area contributed by atoms with E-state index in [1.165, 1.54) is 17.0 Å². The molecule has 3 heterocycles. The number of ether oxygens (including phenoxy) is 1. The summed E-state index contributed by atoms with van der Waals surface area (Å²) in [5, 5.41) is 41.0. The SMILES string of the molecule is [2H]CCNC(=O)[C@H]1OC(n2cnc3c(NCC(c4ccccc4)c4ccccc4)nc(Nc4ccccc4O)nc32)[C@H](O)[C@@H]1O. The number of aromatic nitrogens is 4. The molecule has 1 saturated heterocycles. The monoisotopic (exact) mass is 596 g/mol. The minimum atomic E-state index is -1.52. The molecule has 1 amide bonds. The van der Waals surface area contributed by atoms with Crippen molar-refractivity contribution >= 4 is 34.5 Å². The molecule has 0 aliphatic carbocycles. The van der Waals surface area contributed by atoms with E-state index in [1.807, 2.05) is 36.4 Å². The number of aliphatic hydroxyl groups is 2. The molecule has 5 aromatic rings. The molecule has 0 bridgehead atoms. The van der Waals surface area contributed by atoms with E-state index in [0.717, 1.165) is 11.1 Å². The number of phenols is 1. The van der Waals surface area contributed by atoms with Crippen molar-refractivity contribution in [3.63, 3.8) is 0 Å². The average molecular weight is 597 g/mol. The molecule has 1 aliphatic heterocycles. The number of nitrogens with zero attached hydrogens (tertiary/aromatic N) is 4. The van der Waals surface area contributed by atoms with Crippen LogP contribution in [0, 0.1) is 0 Å². The van der Waals surface area contributed by atoms with Crippen molar-refractivity contribution in [1.29, 1.82) is 0 Å². The lowest BCUT2D eigenvalue weighted by Gasteiger charge is -2.20. The predicted molar refractivity (Wildman–Crippen MR) is 165 cm³/mol. The van der Waals surface area contributed by atoms with E-state index in [-0.39, 0.29) is 36.7 Å². The highest BCUT2D eigenvalue weighted by atomic mass is 16.6. The van der Waals surface area contributed by atoms with Crippen molar-refractivity contribution in [3.8, 4) is 5.75 Å². The zero-order chi connectivity index (χ0) is 31.3. The van der Waals surface area contributed by atoms with Crippen LogP contribution in [-0.2, 0) is 9.53 Å². The maximum absolute atomic E-state index is 12.6. The van der Waals surface area contributed by atoms with Gasteiger partial charge in [0.25, 0.3) is 5.91 Å². The Morgan fingerprint density at radius 1 is 0.977 bits per heavy atom. The number of hydrogen-bond donors (Lipinski definition) is 6. The normalized spacial score (nSPS) is 20.0. The van der Waals surface area contributed by atoms with Crippen molar-refractivity contribution in [2.24, 2.45) is 0 Å². The largest absolute Gasteiger partial charge is 0.506 e. The van der Waals surface area contributed by atoms with Crippen LogP contribution in [0.3, 0.4) is 0 Å². The van der Waals surface area contributed by atoms with Crippen LogP contribution < -0.4 is 16.0 Å². The number of hydrogen-bond acceptors (Lipinski definition) is 10. The topological polar surface area (TPSA) is 167 Å². The van der Waals surface area contributed by atoms with Gasteiger partial charge in [-0.2, -0.15) is 9.97 Å². The summed E-state index contributed by atoms with van der Waals surface area (Å²) in [5.74, 6) is -0.162. The van der Waals surface area contributed by atoms with Crippen molar-refractivity contribution < 1.29 is 26.2 Å². The number of amides is 1. The Morgan fingerprint density at radius 2 is 1.66 bits per heavy atom.